The van der Waals surface area contributed by atoms with Crippen LogP contribution in [0.1, 0.15) is 0 Å². The van der Waals surface area contributed by atoms with Crippen LogP contribution >= 0.6 is 39.1 Å². The maximum absolute atomic E-state index is 5.88. The SMILES string of the molecule is Nc1cncc(Br)c1Oc1cc(Cl)cc(Cl)c1. The zero-order valence-electron chi connectivity index (χ0n) is 8.45. The molecule has 0 aliphatic rings. The van der Waals surface area contributed by atoms with E-state index in [2.05, 4.69) is 20.9 Å². The molecule has 6 heteroatoms. The Morgan fingerprint density at radius 2 is 1.76 bits per heavy atom. The summed E-state index contributed by atoms with van der Waals surface area (Å²) in [5.74, 6) is 0.999. The maximum Gasteiger partial charge on any atom is 0.167 e. The van der Waals surface area contributed by atoms with Crippen LogP contribution in [0.25, 0.3) is 0 Å². The Morgan fingerprint density at radius 3 is 2.35 bits per heavy atom. The Hall–Kier alpha value is -0.970. The molecule has 1 heterocycles. The lowest BCUT2D eigenvalue weighted by Crippen LogP contribution is -1.94. The first-order valence-electron chi connectivity index (χ1n) is 4.59. The molecule has 0 aliphatic carbocycles. The minimum Gasteiger partial charge on any atom is -0.454 e. The third-order valence-electron chi connectivity index (χ3n) is 1.94. The van der Waals surface area contributed by atoms with Crippen molar-refractivity contribution in [1.82, 2.24) is 4.98 Å². The predicted octanol–water partition coefficient (Wildman–Crippen LogP) is 4.53. The van der Waals surface area contributed by atoms with E-state index in [0.717, 1.165) is 0 Å². The Bertz CT molecular complexity index is 523. The quantitative estimate of drug-likeness (QED) is 0.878. The van der Waals surface area contributed by atoms with E-state index in [1.165, 1.54) is 6.20 Å². The molecule has 0 saturated carbocycles. The minimum atomic E-state index is 0.426. The molecule has 0 atom stereocenters. The Balaban J connectivity index is 2.38. The van der Waals surface area contributed by atoms with Gasteiger partial charge in [0.25, 0.3) is 0 Å². The van der Waals surface area contributed by atoms with Crippen LogP contribution in [-0.4, -0.2) is 4.98 Å². The number of ether oxygens (including phenoxy) is 1. The molecule has 2 N–H and O–H groups in total. The highest BCUT2D eigenvalue weighted by Gasteiger charge is 2.08. The molecule has 1 aromatic heterocycles. The van der Waals surface area contributed by atoms with Crippen LogP contribution < -0.4 is 10.5 Å². The van der Waals surface area contributed by atoms with Crippen LogP contribution in [0.5, 0.6) is 11.5 Å². The van der Waals surface area contributed by atoms with Crippen LogP contribution in [0.15, 0.2) is 35.1 Å². The van der Waals surface area contributed by atoms with Crippen molar-refractivity contribution in [2.75, 3.05) is 5.73 Å². The summed E-state index contributed by atoms with van der Waals surface area (Å²) < 4.78 is 6.28. The number of hydrogen-bond acceptors (Lipinski definition) is 3. The summed E-state index contributed by atoms with van der Waals surface area (Å²) in [6, 6.07) is 4.93. The van der Waals surface area contributed by atoms with Gasteiger partial charge in [-0.25, -0.2) is 0 Å². The number of nitrogens with two attached hydrogens (primary N) is 1. The molecule has 0 saturated heterocycles. The van der Waals surface area contributed by atoms with E-state index < -0.39 is 0 Å². The van der Waals surface area contributed by atoms with Gasteiger partial charge in [-0.3, -0.25) is 4.98 Å². The van der Waals surface area contributed by atoms with Crippen LogP contribution in [0, 0.1) is 0 Å². The van der Waals surface area contributed by atoms with Gasteiger partial charge in [-0.2, -0.15) is 0 Å². The van der Waals surface area contributed by atoms with E-state index in [0.29, 0.717) is 31.7 Å². The van der Waals surface area contributed by atoms with Crippen LogP contribution in [0.3, 0.4) is 0 Å². The summed E-state index contributed by atoms with van der Waals surface area (Å²) in [5, 5.41) is 0.993. The van der Waals surface area contributed by atoms with Crippen molar-refractivity contribution < 1.29 is 4.74 Å². The molecular weight excluding hydrogens is 327 g/mol. The minimum absolute atomic E-state index is 0.426. The molecule has 17 heavy (non-hydrogen) atoms. The number of nitrogen functional groups attached to an aromatic ring is 1. The van der Waals surface area contributed by atoms with E-state index in [1.807, 2.05) is 0 Å². The van der Waals surface area contributed by atoms with Gasteiger partial charge in [-0.05, 0) is 34.1 Å². The summed E-state index contributed by atoms with van der Waals surface area (Å²) in [6.07, 6.45) is 3.10. The lowest BCUT2D eigenvalue weighted by Gasteiger charge is -2.10. The van der Waals surface area contributed by atoms with Gasteiger partial charge >= 0.3 is 0 Å². The van der Waals surface area contributed by atoms with E-state index in [1.54, 1.807) is 24.4 Å². The Morgan fingerprint density at radius 1 is 1.12 bits per heavy atom. The number of pyridine rings is 1. The van der Waals surface area contributed by atoms with Gasteiger partial charge in [-0.1, -0.05) is 23.2 Å². The van der Waals surface area contributed by atoms with Gasteiger partial charge in [0.05, 0.1) is 16.4 Å². The van der Waals surface area contributed by atoms with Gasteiger partial charge in [0.1, 0.15) is 5.75 Å². The fourth-order valence-electron chi connectivity index (χ4n) is 1.25. The molecule has 0 radical (unpaired) electrons. The van der Waals surface area contributed by atoms with E-state index in [4.69, 9.17) is 33.7 Å². The third-order valence-corrected chi connectivity index (χ3v) is 2.94. The monoisotopic (exact) mass is 332 g/mol. The number of anilines is 1. The average Bonchev–Trinajstić information content (AvgIpc) is 2.22. The second kappa shape index (κ2) is 5.12. The summed E-state index contributed by atoms with van der Waals surface area (Å²) in [7, 11) is 0. The molecule has 0 spiro atoms. The lowest BCUT2D eigenvalue weighted by atomic mass is 10.3. The lowest BCUT2D eigenvalue weighted by molar-refractivity contribution is 0.481. The van der Waals surface area contributed by atoms with Crippen molar-refractivity contribution >= 4 is 44.8 Å². The van der Waals surface area contributed by atoms with E-state index >= 15 is 0 Å². The topological polar surface area (TPSA) is 48.1 Å². The number of benzene rings is 1. The third kappa shape index (κ3) is 3.03. The van der Waals surface area contributed by atoms with E-state index in [-0.39, 0.29) is 0 Å². The van der Waals surface area contributed by atoms with Gasteiger partial charge < -0.3 is 10.5 Å². The zero-order chi connectivity index (χ0) is 12.4. The van der Waals surface area contributed by atoms with Crippen molar-refractivity contribution in [3.63, 3.8) is 0 Å². The predicted molar refractivity (Wildman–Crippen MR) is 72.9 cm³/mol. The molecule has 88 valence electrons. The molecule has 3 nitrogen and oxygen atoms in total. The summed E-state index contributed by atoms with van der Waals surface area (Å²) in [6.45, 7) is 0. The fraction of sp³-hybridized carbons (Fsp3) is 0. The highest BCUT2D eigenvalue weighted by atomic mass is 79.9. The molecule has 0 fully saturated rings. The summed E-state index contributed by atoms with van der Waals surface area (Å²) in [5.41, 5.74) is 6.19. The van der Waals surface area contributed by atoms with Crippen molar-refractivity contribution in [2.24, 2.45) is 0 Å². The molecule has 2 rings (SSSR count). The van der Waals surface area contributed by atoms with Crippen LogP contribution in [0.2, 0.25) is 10.0 Å². The van der Waals surface area contributed by atoms with Crippen molar-refractivity contribution in [1.29, 1.82) is 0 Å². The van der Waals surface area contributed by atoms with Crippen LogP contribution in [-0.2, 0) is 0 Å². The number of aromatic nitrogens is 1. The highest BCUT2D eigenvalue weighted by Crippen LogP contribution is 2.35. The summed E-state index contributed by atoms with van der Waals surface area (Å²) in [4.78, 5) is 3.92. The number of halogens is 3. The highest BCUT2D eigenvalue weighted by molar-refractivity contribution is 9.10. The average molecular weight is 334 g/mol. The normalized spacial score (nSPS) is 10.3. The molecular formula is C11H7BrCl2N2O. The molecule has 0 amide bonds. The fourth-order valence-corrected chi connectivity index (χ4v) is 2.19. The molecule has 0 bridgehead atoms. The smallest absolute Gasteiger partial charge is 0.167 e. The second-order valence-corrected chi connectivity index (χ2v) is 4.97. The number of rotatable bonds is 2. The molecule has 0 unspecified atom stereocenters. The van der Waals surface area contributed by atoms with Crippen molar-refractivity contribution in [2.45, 2.75) is 0 Å². The first-order chi connectivity index (χ1) is 8.06. The zero-order valence-corrected chi connectivity index (χ0v) is 11.6. The first kappa shape index (κ1) is 12.5. The van der Waals surface area contributed by atoms with Crippen molar-refractivity contribution in [3.05, 3.63) is 45.1 Å². The Labute approximate surface area is 117 Å². The number of hydrogen-bond donors (Lipinski definition) is 1. The molecule has 1 aromatic carbocycles. The van der Waals surface area contributed by atoms with Crippen molar-refractivity contribution in [3.8, 4) is 11.5 Å². The standard InChI is InChI=1S/C11H7BrCl2N2O/c12-9-4-16-5-10(15)11(9)17-8-2-6(13)1-7(14)3-8/h1-5H,15H2. The summed E-state index contributed by atoms with van der Waals surface area (Å²) >= 11 is 15.1. The van der Waals surface area contributed by atoms with Gasteiger partial charge in [-0.15, -0.1) is 0 Å². The van der Waals surface area contributed by atoms with Gasteiger partial charge in [0.2, 0.25) is 0 Å². The van der Waals surface area contributed by atoms with Gasteiger partial charge in [0.15, 0.2) is 5.75 Å². The maximum atomic E-state index is 5.88. The Kier molecular flexibility index (Phi) is 3.76. The second-order valence-electron chi connectivity index (χ2n) is 3.25. The molecule has 0 aliphatic heterocycles. The molecule has 2 aromatic rings. The van der Waals surface area contributed by atoms with Gasteiger partial charge in [0, 0.05) is 16.2 Å². The van der Waals surface area contributed by atoms with E-state index in [9.17, 15) is 0 Å². The largest absolute Gasteiger partial charge is 0.454 e. The number of nitrogens with zero attached hydrogens (tertiary/aromatic N) is 1. The van der Waals surface area contributed by atoms with Crippen LogP contribution in [0.4, 0.5) is 5.69 Å². The first-order valence-corrected chi connectivity index (χ1v) is 6.14.